The zero-order valence-corrected chi connectivity index (χ0v) is 11.4. The summed E-state index contributed by atoms with van der Waals surface area (Å²) in [4.78, 5) is 7.73. The summed E-state index contributed by atoms with van der Waals surface area (Å²) in [6.45, 7) is 8.34. The van der Waals surface area contributed by atoms with Gasteiger partial charge in [0.05, 0.1) is 6.10 Å². The van der Waals surface area contributed by atoms with E-state index < -0.39 is 0 Å². The van der Waals surface area contributed by atoms with Gasteiger partial charge >= 0.3 is 0 Å². The molecule has 2 heterocycles. The van der Waals surface area contributed by atoms with Crippen LogP contribution in [0.1, 0.15) is 25.1 Å². The summed E-state index contributed by atoms with van der Waals surface area (Å²) in [6, 6.07) is 0. The number of likely N-dealkylation sites (tertiary alicyclic amines) is 1. The van der Waals surface area contributed by atoms with Gasteiger partial charge in [0.2, 0.25) is 0 Å². The van der Waals surface area contributed by atoms with Crippen LogP contribution in [-0.4, -0.2) is 35.7 Å². The molecule has 1 aromatic heterocycles. The van der Waals surface area contributed by atoms with Crippen LogP contribution >= 0.6 is 11.3 Å². The van der Waals surface area contributed by atoms with Gasteiger partial charge in [-0.3, -0.25) is 4.90 Å². The number of thiazole rings is 1. The van der Waals surface area contributed by atoms with Gasteiger partial charge in [-0.05, 0) is 12.3 Å². The van der Waals surface area contributed by atoms with E-state index in [1.54, 1.807) is 11.3 Å². The average Bonchev–Trinajstić information content (AvgIpc) is 2.86. The summed E-state index contributed by atoms with van der Waals surface area (Å²) in [6.07, 6.45) is 3.42. The molecule has 0 saturated carbocycles. The lowest BCUT2D eigenvalue weighted by molar-refractivity contribution is 0.0413. The van der Waals surface area contributed by atoms with E-state index in [2.05, 4.69) is 23.7 Å². The highest BCUT2D eigenvalue weighted by atomic mass is 32.1. The van der Waals surface area contributed by atoms with E-state index in [0.717, 1.165) is 32.7 Å². The van der Waals surface area contributed by atoms with Crippen molar-refractivity contribution in [2.45, 2.75) is 32.9 Å². The molecular weight excluding hydrogens is 234 g/mol. The molecule has 96 valence electrons. The first-order chi connectivity index (χ1) is 8.13. The lowest BCUT2D eigenvalue weighted by Crippen LogP contribution is -2.23. The van der Waals surface area contributed by atoms with Gasteiger partial charge in [-0.25, -0.2) is 4.98 Å². The molecule has 2 N–H and O–H groups in total. The molecule has 0 spiro atoms. The van der Waals surface area contributed by atoms with Crippen molar-refractivity contribution in [2.75, 3.05) is 25.4 Å². The number of anilines is 1. The van der Waals surface area contributed by atoms with Crippen LogP contribution in [-0.2, 0) is 11.3 Å². The predicted molar refractivity (Wildman–Crippen MR) is 71.0 cm³/mol. The number of hydrogen-bond acceptors (Lipinski definition) is 5. The molecule has 0 aromatic carbocycles. The minimum absolute atomic E-state index is 0.405. The molecule has 1 aliphatic rings. The summed E-state index contributed by atoms with van der Waals surface area (Å²) < 4.78 is 5.86. The monoisotopic (exact) mass is 255 g/mol. The Hall–Kier alpha value is -0.650. The Bertz CT molecular complexity index is 353. The second kappa shape index (κ2) is 5.80. The fraction of sp³-hybridized carbons (Fsp3) is 0.750. The molecule has 4 nitrogen and oxygen atoms in total. The number of rotatable bonds is 5. The molecule has 1 saturated heterocycles. The highest BCUT2D eigenvalue weighted by molar-refractivity contribution is 7.15. The van der Waals surface area contributed by atoms with Crippen molar-refractivity contribution < 1.29 is 4.74 Å². The Morgan fingerprint density at radius 1 is 1.65 bits per heavy atom. The fourth-order valence-electron chi connectivity index (χ4n) is 2.02. The van der Waals surface area contributed by atoms with Gasteiger partial charge in [-0.15, -0.1) is 11.3 Å². The molecule has 1 aromatic rings. The second-order valence-electron chi connectivity index (χ2n) is 5.04. The van der Waals surface area contributed by atoms with E-state index >= 15 is 0 Å². The third-order valence-electron chi connectivity index (χ3n) is 2.85. The molecule has 5 heteroatoms. The van der Waals surface area contributed by atoms with Crippen molar-refractivity contribution in [3.05, 3.63) is 11.1 Å². The van der Waals surface area contributed by atoms with Crippen LogP contribution in [0.5, 0.6) is 0 Å². The maximum atomic E-state index is 5.86. The third kappa shape index (κ3) is 3.94. The molecule has 1 fully saturated rings. The molecule has 17 heavy (non-hydrogen) atoms. The van der Waals surface area contributed by atoms with E-state index in [1.165, 1.54) is 4.88 Å². The smallest absolute Gasteiger partial charge is 0.180 e. The van der Waals surface area contributed by atoms with Gasteiger partial charge in [0.25, 0.3) is 0 Å². The topological polar surface area (TPSA) is 51.4 Å². The Morgan fingerprint density at radius 2 is 2.47 bits per heavy atom. The van der Waals surface area contributed by atoms with Crippen LogP contribution in [0, 0.1) is 5.92 Å². The molecule has 2 rings (SSSR count). The van der Waals surface area contributed by atoms with Gasteiger partial charge in [0.15, 0.2) is 5.13 Å². The highest BCUT2D eigenvalue weighted by Gasteiger charge is 2.23. The zero-order valence-electron chi connectivity index (χ0n) is 10.6. The van der Waals surface area contributed by atoms with Crippen LogP contribution < -0.4 is 5.73 Å². The van der Waals surface area contributed by atoms with Crippen molar-refractivity contribution >= 4 is 16.5 Å². The normalized spacial score (nSPS) is 21.5. The van der Waals surface area contributed by atoms with Crippen LogP contribution in [0.25, 0.3) is 0 Å². The average molecular weight is 255 g/mol. The van der Waals surface area contributed by atoms with Gasteiger partial charge in [-0.1, -0.05) is 13.8 Å². The Kier molecular flexibility index (Phi) is 4.36. The number of nitrogens with two attached hydrogens (primary N) is 1. The minimum atomic E-state index is 0.405. The quantitative estimate of drug-likeness (QED) is 0.874. The van der Waals surface area contributed by atoms with Crippen LogP contribution in [0.3, 0.4) is 0 Å². The number of nitrogen functional groups attached to an aromatic ring is 1. The number of ether oxygens (including phenoxy) is 1. The number of nitrogens with zero attached hydrogens (tertiary/aromatic N) is 2. The van der Waals surface area contributed by atoms with Crippen LogP contribution in [0.15, 0.2) is 6.20 Å². The van der Waals surface area contributed by atoms with Crippen LogP contribution in [0.2, 0.25) is 0 Å². The first kappa shape index (κ1) is 12.8. The lowest BCUT2D eigenvalue weighted by atomic mass is 10.2. The summed E-state index contributed by atoms with van der Waals surface area (Å²) in [5.74, 6) is 0.616. The highest BCUT2D eigenvalue weighted by Crippen LogP contribution is 2.20. The fourth-order valence-corrected chi connectivity index (χ4v) is 2.75. The van der Waals surface area contributed by atoms with E-state index in [4.69, 9.17) is 10.5 Å². The maximum absolute atomic E-state index is 5.86. The van der Waals surface area contributed by atoms with Crippen LogP contribution in [0.4, 0.5) is 5.13 Å². The van der Waals surface area contributed by atoms with Crippen molar-refractivity contribution in [3.63, 3.8) is 0 Å². The van der Waals surface area contributed by atoms with Gasteiger partial charge in [0.1, 0.15) is 0 Å². The Morgan fingerprint density at radius 3 is 3.12 bits per heavy atom. The largest absolute Gasteiger partial charge is 0.377 e. The van der Waals surface area contributed by atoms with Crippen molar-refractivity contribution in [2.24, 2.45) is 5.92 Å². The predicted octanol–water partition coefficient (Wildman–Crippen LogP) is 1.97. The number of aromatic nitrogens is 1. The second-order valence-corrected chi connectivity index (χ2v) is 6.18. The lowest BCUT2D eigenvalue weighted by Gasteiger charge is -2.16. The number of hydrogen-bond donors (Lipinski definition) is 1. The van der Waals surface area contributed by atoms with E-state index in [-0.39, 0.29) is 0 Å². The van der Waals surface area contributed by atoms with Gasteiger partial charge in [0, 0.05) is 37.3 Å². The van der Waals surface area contributed by atoms with Gasteiger partial charge < -0.3 is 10.5 Å². The summed E-state index contributed by atoms with van der Waals surface area (Å²) in [7, 11) is 0. The van der Waals surface area contributed by atoms with Crippen molar-refractivity contribution in [1.82, 2.24) is 9.88 Å². The summed E-state index contributed by atoms with van der Waals surface area (Å²) in [5, 5.41) is 0.659. The minimum Gasteiger partial charge on any atom is -0.377 e. The molecule has 1 unspecified atom stereocenters. The maximum Gasteiger partial charge on any atom is 0.180 e. The first-order valence-corrected chi connectivity index (χ1v) is 6.99. The summed E-state index contributed by atoms with van der Waals surface area (Å²) in [5.41, 5.74) is 5.63. The standard InChI is InChI=1S/C12H21N3OS/c1-9(2)8-16-10-3-4-15(6-10)7-11-5-14-12(13)17-11/h5,9-10H,3-4,6-8H2,1-2H3,(H2,13,14). The van der Waals surface area contributed by atoms with Crippen molar-refractivity contribution in [3.8, 4) is 0 Å². The third-order valence-corrected chi connectivity index (χ3v) is 3.66. The van der Waals surface area contributed by atoms with E-state index in [1.807, 2.05) is 6.20 Å². The molecule has 1 atom stereocenters. The van der Waals surface area contributed by atoms with E-state index in [0.29, 0.717) is 17.2 Å². The van der Waals surface area contributed by atoms with Crippen molar-refractivity contribution in [1.29, 1.82) is 0 Å². The van der Waals surface area contributed by atoms with Gasteiger partial charge in [-0.2, -0.15) is 0 Å². The Labute approximate surface area is 107 Å². The molecule has 0 amide bonds. The zero-order chi connectivity index (χ0) is 12.3. The molecule has 0 aliphatic carbocycles. The molecule has 0 radical (unpaired) electrons. The SMILES string of the molecule is CC(C)COC1CCN(Cc2cnc(N)s2)C1. The van der Waals surface area contributed by atoms with E-state index in [9.17, 15) is 0 Å². The molecule has 1 aliphatic heterocycles. The summed E-state index contributed by atoms with van der Waals surface area (Å²) >= 11 is 1.58. The first-order valence-electron chi connectivity index (χ1n) is 6.17. The molecule has 0 bridgehead atoms. The molecular formula is C12H21N3OS. The Balaban J connectivity index is 1.74.